The first-order valence-corrected chi connectivity index (χ1v) is 5.00. The van der Waals surface area contributed by atoms with E-state index in [0.29, 0.717) is 18.4 Å². The molecule has 0 bridgehead atoms. The molecule has 0 aromatic carbocycles. The third kappa shape index (κ3) is 1.18. The van der Waals surface area contributed by atoms with Crippen LogP contribution in [0.2, 0.25) is 0 Å². The van der Waals surface area contributed by atoms with Crippen LogP contribution in [0.25, 0.3) is 0 Å². The minimum atomic E-state index is -1.58. The topological polar surface area (TPSA) is 77.8 Å². The highest BCUT2D eigenvalue weighted by atomic mass is 16.3. The summed E-state index contributed by atoms with van der Waals surface area (Å²) in [5.41, 5.74) is -1.16. The van der Waals surface area contributed by atoms with Gasteiger partial charge in [0, 0.05) is 5.92 Å². The number of ketones is 1. The summed E-state index contributed by atoms with van der Waals surface area (Å²) in [7, 11) is 0. The molecular weight excluding hydrogens is 196 g/mol. The summed E-state index contributed by atoms with van der Waals surface area (Å²) in [6.45, 7) is 3.53. The molecule has 3 atom stereocenters. The van der Waals surface area contributed by atoms with Crippen LogP contribution < -0.4 is 0 Å². The van der Waals surface area contributed by atoms with Crippen molar-refractivity contribution in [2.24, 2.45) is 5.92 Å². The van der Waals surface area contributed by atoms with Crippen LogP contribution in [0.1, 0.15) is 19.3 Å². The van der Waals surface area contributed by atoms with E-state index in [0.717, 1.165) is 0 Å². The van der Waals surface area contributed by atoms with Crippen molar-refractivity contribution in [2.75, 3.05) is 0 Å². The zero-order valence-corrected chi connectivity index (χ0v) is 8.31. The molecule has 0 saturated heterocycles. The van der Waals surface area contributed by atoms with E-state index in [-0.39, 0.29) is 12.2 Å². The lowest BCUT2D eigenvalue weighted by Crippen LogP contribution is -2.40. The Balaban J connectivity index is 2.45. The fourth-order valence-electron chi connectivity index (χ4n) is 2.66. The lowest BCUT2D eigenvalue weighted by atomic mass is 9.87. The van der Waals surface area contributed by atoms with Crippen LogP contribution in [-0.2, 0) is 4.79 Å². The van der Waals surface area contributed by atoms with E-state index < -0.39 is 23.4 Å². The number of aliphatic hydroxyl groups excluding tert-OH is 2. The fraction of sp³-hybridized carbons (Fsp3) is 0.545. The maximum atomic E-state index is 11.6. The van der Waals surface area contributed by atoms with E-state index in [1.54, 1.807) is 6.08 Å². The summed E-state index contributed by atoms with van der Waals surface area (Å²) in [6, 6.07) is 0. The van der Waals surface area contributed by atoms with Gasteiger partial charge in [0.2, 0.25) is 5.78 Å². The smallest absolute Gasteiger partial charge is 0.229 e. The first kappa shape index (κ1) is 10.4. The highest BCUT2D eigenvalue weighted by molar-refractivity contribution is 6.04. The van der Waals surface area contributed by atoms with E-state index in [1.807, 2.05) is 0 Å². The van der Waals surface area contributed by atoms with Crippen molar-refractivity contribution in [1.29, 1.82) is 0 Å². The van der Waals surface area contributed by atoms with Gasteiger partial charge in [0.15, 0.2) is 5.76 Å². The lowest BCUT2D eigenvalue weighted by molar-refractivity contribution is -0.136. The Morgan fingerprint density at radius 3 is 2.87 bits per heavy atom. The lowest BCUT2D eigenvalue weighted by Gasteiger charge is -2.23. The maximum absolute atomic E-state index is 11.6. The van der Waals surface area contributed by atoms with Crippen LogP contribution in [0.4, 0.5) is 0 Å². The molecule has 0 amide bonds. The minimum absolute atomic E-state index is 0.211. The van der Waals surface area contributed by atoms with Gasteiger partial charge in [0.25, 0.3) is 0 Å². The first-order chi connectivity index (χ1) is 7.02. The van der Waals surface area contributed by atoms with Crippen molar-refractivity contribution in [3.05, 3.63) is 24.0 Å². The van der Waals surface area contributed by atoms with Crippen molar-refractivity contribution < 1.29 is 20.1 Å². The molecule has 3 N–H and O–H groups in total. The number of rotatable bonds is 2. The van der Waals surface area contributed by atoms with Gasteiger partial charge >= 0.3 is 0 Å². The summed E-state index contributed by atoms with van der Waals surface area (Å²) in [5, 5.41) is 29.4. The van der Waals surface area contributed by atoms with Gasteiger partial charge < -0.3 is 15.3 Å². The highest BCUT2D eigenvalue weighted by Crippen LogP contribution is 2.48. The molecule has 82 valence electrons. The van der Waals surface area contributed by atoms with E-state index in [4.69, 9.17) is 0 Å². The molecule has 0 aliphatic heterocycles. The first-order valence-electron chi connectivity index (χ1n) is 5.00. The number of hydrogen-bond acceptors (Lipinski definition) is 4. The number of hydrogen-bond donors (Lipinski definition) is 3. The number of allylic oxidation sites excluding steroid dienone is 1. The number of Topliss-reactive ketones (excluding diaryl/α,β-unsaturated/α-hetero) is 1. The number of carbonyl (C=O) groups excluding carboxylic acids is 1. The predicted molar refractivity (Wildman–Crippen MR) is 53.2 cm³/mol. The van der Waals surface area contributed by atoms with Crippen LogP contribution in [0, 0.1) is 5.92 Å². The van der Waals surface area contributed by atoms with E-state index in [2.05, 4.69) is 6.58 Å². The normalized spacial score (nSPS) is 39.7. The monoisotopic (exact) mass is 210 g/mol. The van der Waals surface area contributed by atoms with Crippen LogP contribution in [-0.4, -0.2) is 32.8 Å². The summed E-state index contributed by atoms with van der Waals surface area (Å²) < 4.78 is 0. The Morgan fingerprint density at radius 2 is 2.27 bits per heavy atom. The zero-order valence-electron chi connectivity index (χ0n) is 8.31. The SMILES string of the molecule is C=CCC1=C(O)C(=O)[C@]2(O)CC[C@H](O)C12. The Labute approximate surface area is 87.5 Å². The molecule has 4 heteroatoms. The second-order valence-corrected chi connectivity index (χ2v) is 4.20. The van der Waals surface area contributed by atoms with Gasteiger partial charge in [-0.25, -0.2) is 0 Å². The van der Waals surface area contributed by atoms with Gasteiger partial charge in [0.05, 0.1) is 6.10 Å². The maximum Gasteiger partial charge on any atom is 0.229 e. The molecule has 2 aliphatic rings. The van der Waals surface area contributed by atoms with E-state index in [1.165, 1.54) is 0 Å². The number of aliphatic hydroxyl groups is 3. The Bertz CT molecular complexity index is 358. The molecule has 0 heterocycles. The van der Waals surface area contributed by atoms with Crippen LogP contribution in [0.15, 0.2) is 24.0 Å². The second kappa shape index (κ2) is 3.18. The second-order valence-electron chi connectivity index (χ2n) is 4.20. The van der Waals surface area contributed by atoms with Crippen LogP contribution >= 0.6 is 0 Å². The molecular formula is C11H14O4. The van der Waals surface area contributed by atoms with Gasteiger partial charge in [-0.2, -0.15) is 0 Å². The summed E-state index contributed by atoms with van der Waals surface area (Å²) in [5.74, 6) is -1.69. The van der Waals surface area contributed by atoms with Gasteiger partial charge in [-0.1, -0.05) is 6.08 Å². The largest absolute Gasteiger partial charge is 0.504 e. The fourth-order valence-corrected chi connectivity index (χ4v) is 2.66. The summed E-state index contributed by atoms with van der Waals surface area (Å²) >= 11 is 0. The molecule has 4 nitrogen and oxygen atoms in total. The molecule has 1 saturated carbocycles. The van der Waals surface area contributed by atoms with Crippen molar-refractivity contribution in [3.8, 4) is 0 Å². The van der Waals surface area contributed by atoms with Crippen molar-refractivity contribution in [2.45, 2.75) is 31.0 Å². The van der Waals surface area contributed by atoms with Gasteiger partial charge in [-0.3, -0.25) is 4.79 Å². The number of carbonyl (C=O) groups is 1. The molecule has 15 heavy (non-hydrogen) atoms. The molecule has 1 unspecified atom stereocenters. The van der Waals surface area contributed by atoms with Crippen molar-refractivity contribution in [1.82, 2.24) is 0 Å². The average molecular weight is 210 g/mol. The molecule has 2 rings (SSSR count). The third-order valence-electron chi connectivity index (χ3n) is 3.37. The van der Waals surface area contributed by atoms with Gasteiger partial charge in [0.1, 0.15) is 5.60 Å². The molecule has 2 aliphatic carbocycles. The highest BCUT2D eigenvalue weighted by Gasteiger charge is 2.59. The van der Waals surface area contributed by atoms with Crippen LogP contribution in [0.5, 0.6) is 0 Å². The van der Waals surface area contributed by atoms with Crippen molar-refractivity contribution >= 4 is 5.78 Å². The van der Waals surface area contributed by atoms with Gasteiger partial charge in [-0.05, 0) is 24.8 Å². The standard InChI is InChI=1S/C11H14O4/c1-2-3-6-8-7(12)4-5-11(8,15)10(14)9(6)13/h2,7-8,12-13,15H,1,3-5H2/t7-,8?,11-/m0/s1. The van der Waals surface area contributed by atoms with E-state index in [9.17, 15) is 20.1 Å². The van der Waals surface area contributed by atoms with E-state index >= 15 is 0 Å². The van der Waals surface area contributed by atoms with Crippen LogP contribution in [0.3, 0.4) is 0 Å². The zero-order chi connectivity index (χ0) is 11.2. The molecule has 0 aromatic rings. The quantitative estimate of drug-likeness (QED) is 0.578. The predicted octanol–water partition coefficient (Wildman–Crippen LogP) is 0.459. The molecule has 1 fully saturated rings. The minimum Gasteiger partial charge on any atom is -0.504 e. The Morgan fingerprint density at radius 1 is 1.60 bits per heavy atom. The Hall–Kier alpha value is -1.13. The number of fused-ring (bicyclic) bond motifs is 1. The van der Waals surface area contributed by atoms with Crippen molar-refractivity contribution in [3.63, 3.8) is 0 Å². The molecule has 0 aromatic heterocycles. The summed E-state index contributed by atoms with van der Waals surface area (Å²) in [4.78, 5) is 11.6. The summed E-state index contributed by atoms with van der Waals surface area (Å²) in [6.07, 6.45) is 1.72. The van der Waals surface area contributed by atoms with Gasteiger partial charge in [-0.15, -0.1) is 6.58 Å². The average Bonchev–Trinajstić information content (AvgIpc) is 2.59. The molecule has 0 radical (unpaired) electrons. The molecule has 0 spiro atoms. The Kier molecular flexibility index (Phi) is 2.20. The third-order valence-corrected chi connectivity index (χ3v) is 3.37.